The average Bonchev–Trinajstić information content (AvgIpc) is 2.79. The Morgan fingerprint density at radius 2 is 1.81 bits per heavy atom. The van der Waals surface area contributed by atoms with Gasteiger partial charge in [0.05, 0.1) is 19.8 Å². The third kappa shape index (κ3) is 5.75. The number of hydrogen-bond donors (Lipinski definition) is 1. The Morgan fingerprint density at radius 1 is 1.06 bits per heavy atom. The monoisotopic (exact) mass is 448 g/mol. The molecule has 0 unspecified atom stereocenters. The zero-order chi connectivity index (χ0) is 22.3. The van der Waals surface area contributed by atoms with Gasteiger partial charge >= 0.3 is 0 Å². The van der Waals surface area contributed by atoms with E-state index in [1.165, 1.54) is 10.4 Å². The Hall–Kier alpha value is -2.62. The zero-order valence-electron chi connectivity index (χ0n) is 17.8. The smallest absolute Gasteiger partial charge is 0.262 e. The number of aryl methyl sites for hydroxylation is 1. The van der Waals surface area contributed by atoms with Gasteiger partial charge in [-0.3, -0.25) is 4.79 Å². The number of hydrogen-bond acceptors (Lipinski definition) is 6. The molecule has 31 heavy (non-hydrogen) atoms. The number of morpholine rings is 1. The van der Waals surface area contributed by atoms with Gasteiger partial charge < -0.3 is 19.5 Å². The van der Waals surface area contributed by atoms with Crippen LogP contribution in [0.2, 0.25) is 0 Å². The summed E-state index contributed by atoms with van der Waals surface area (Å²) in [6.45, 7) is 5.17. The number of para-hydroxylation sites is 1. The number of carbonyl (C=O) groups excluding carboxylic acids is 1. The summed E-state index contributed by atoms with van der Waals surface area (Å²) in [5.74, 6) is 0.521. The van der Waals surface area contributed by atoms with Crippen molar-refractivity contribution < 1.29 is 27.4 Å². The van der Waals surface area contributed by atoms with Crippen molar-refractivity contribution in [2.24, 2.45) is 0 Å². The highest BCUT2D eigenvalue weighted by atomic mass is 32.2. The molecule has 1 fully saturated rings. The van der Waals surface area contributed by atoms with E-state index in [0.717, 1.165) is 12.0 Å². The van der Waals surface area contributed by atoms with Gasteiger partial charge in [0.15, 0.2) is 6.61 Å². The summed E-state index contributed by atoms with van der Waals surface area (Å²) in [6, 6.07) is 12.1. The lowest BCUT2D eigenvalue weighted by Crippen LogP contribution is -2.40. The summed E-state index contributed by atoms with van der Waals surface area (Å²) in [5.41, 5.74) is 1.36. The maximum Gasteiger partial charge on any atom is 0.262 e. The number of sulfonamides is 1. The van der Waals surface area contributed by atoms with Crippen LogP contribution in [0.25, 0.3) is 0 Å². The van der Waals surface area contributed by atoms with Crippen LogP contribution in [0.4, 0.5) is 5.69 Å². The molecule has 1 heterocycles. The molecule has 2 aromatic rings. The largest absolute Gasteiger partial charge is 0.492 e. The molecular formula is C22H28N2O6S. The highest BCUT2D eigenvalue weighted by Gasteiger charge is 2.29. The number of benzene rings is 2. The lowest BCUT2D eigenvalue weighted by Gasteiger charge is -2.27. The van der Waals surface area contributed by atoms with E-state index in [1.807, 2.05) is 31.2 Å². The molecule has 3 rings (SSSR count). The molecular weight excluding hydrogens is 420 g/mol. The standard InChI is InChI=1S/C22H28N2O6S/c1-3-17-7-5-6-8-19(17)30-16-22(25)23-18-9-10-20(29-4-2)21(15-18)31(26,27)24-11-13-28-14-12-24/h5-10,15H,3-4,11-14,16H2,1-2H3,(H,23,25). The molecule has 0 radical (unpaired) electrons. The molecule has 1 saturated heterocycles. The molecule has 9 heteroatoms. The zero-order valence-corrected chi connectivity index (χ0v) is 18.6. The molecule has 0 aliphatic carbocycles. The van der Waals surface area contributed by atoms with Crippen LogP contribution in [-0.2, 0) is 26.0 Å². The van der Waals surface area contributed by atoms with E-state index in [4.69, 9.17) is 14.2 Å². The molecule has 0 atom stereocenters. The van der Waals surface area contributed by atoms with Gasteiger partial charge in [0, 0.05) is 18.8 Å². The predicted octanol–water partition coefficient (Wildman–Crippen LogP) is 2.69. The van der Waals surface area contributed by atoms with Gasteiger partial charge in [-0.2, -0.15) is 4.31 Å². The van der Waals surface area contributed by atoms with Crippen molar-refractivity contribution in [1.29, 1.82) is 0 Å². The maximum absolute atomic E-state index is 13.2. The minimum absolute atomic E-state index is 0.0197. The summed E-state index contributed by atoms with van der Waals surface area (Å²) in [5, 5.41) is 2.71. The summed E-state index contributed by atoms with van der Waals surface area (Å²) < 4.78 is 44.1. The predicted molar refractivity (Wildman–Crippen MR) is 117 cm³/mol. The normalized spacial score (nSPS) is 14.8. The first-order chi connectivity index (χ1) is 15.0. The summed E-state index contributed by atoms with van der Waals surface area (Å²) in [7, 11) is -3.79. The number of ether oxygens (including phenoxy) is 3. The first-order valence-electron chi connectivity index (χ1n) is 10.3. The van der Waals surface area contributed by atoms with E-state index in [1.54, 1.807) is 19.1 Å². The van der Waals surface area contributed by atoms with Crippen LogP contribution < -0.4 is 14.8 Å². The molecule has 0 aromatic heterocycles. The van der Waals surface area contributed by atoms with Crippen molar-refractivity contribution >= 4 is 21.6 Å². The lowest BCUT2D eigenvalue weighted by molar-refractivity contribution is -0.118. The van der Waals surface area contributed by atoms with Gasteiger partial charge in [-0.05, 0) is 43.2 Å². The maximum atomic E-state index is 13.2. The van der Waals surface area contributed by atoms with Crippen molar-refractivity contribution in [3.8, 4) is 11.5 Å². The molecule has 1 aliphatic heterocycles. The number of rotatable bonds is 9. The van der Waals surface area contributed by atoms with Crippen LogP contribution in [0.15, 0.2) is 47.4 Å². The van der Waals surface area contributed by atoms with Crippen molar-refractivity contribution in [2.75, 3.05) is 44.8 Å². The topological polar surface area (TPSA) is 94.2 Å². The van der Waals surface area contributed by atoms with Crippen LogP contribution in [0, 0.1) is 0 Å². The molecule has 1 amide bonds. The van der Waals surface area contributed by atoms with Crippen molar-refractivity contribution in [3.05, 3.63) is 48.0 Å². The minimum atomic E-state index is -3.79. The molecule has 1 N–H and O–H groups in total. The highest BCUT2D eigenvalue weighted by Crippen LogP contribution is 2.30. The van der Waals surface area contributed by atoms with Crippen LogP contribution in [0.3, 0.4) is 0 Å². The van der Waals surface area contributed by atoms with Crippen molar-refractivity contribution in [3.63, 3.8) is 0 Å². The second kappa shape index (κ2) is 10.6. The third-order valence-corrected chi connectivity index (χ3v) is 6.75. The van der Waals surface area contributed by atoms with Gasteiger partial charge in [0.25, 0.3) is 5.91 Å². The summed E-state index contributed by atoms with van der Waals surface area (Å²) >= 11 is 0. The SMILES string of the molecule is CCOc1ccc(NC(=O)COc2ccccc2CC)cc1S(=O)(=O)N1CCOCC1. The van der Waals surface area contributed by atoms with Gasteiger partial charge in [-0.1, -0.05) is 25.1 Å². The molecule has 168 valence electrons. The fourth-order valence-corrected chi connectivity index (χ4v) is 4.83. The van der Waals surface area contributed by atoms with Crippen molar-refractivity contribution in [1.82, 2.24) is 4.31 Å². The number of anilines is 1. The molecule has 0 saturated carbocycles. The summed E-state index contributed by atoms with van der Waals surface area (Å²) in [4.78, 5) is 12.4. The van der Waals surface area contributed by atoms with E-state index < -0.39 is 10.0 Å². The Morgan fingerprint density at radius 3 is 2.52 bits per heavy atom. The van der Waals surface area contributed by atoms with E-state index in [-0.39, 0.29) is 36.2 Å². The van der Waals surface area contributed by atoms with Gasteiger partial charge in [-0.15, -0.1) is 0 Å². The number of carbonyl (C=O) groups is 1. The molecule has 0 bridgehead atoms. The molecule has 1 aliphatic rings. The van der Waals surface area contributed by atoms with Crippen LogP contribution in [0.5, 0.6) is 11.5 Å². The highest BCUT2D eigenvalue weighted by molar-refractivity contribution is 7.89. The minimum Gasteiger partial charge on any atom is -0.492 e. The molecule has 2 aromatic carbocycles. The van der Waals surface area contributed by atoms with Crippen molar-refractivity contribution in [2.45, 2.75) is 25.2 Å². The van der Waals surface area contributed by atoms with Gasteiger partial charge in [0.2, 0.25) is 10.0 Å². The van der Waals surface area contributed by atoms with Gasteiger partial charge in [0.1, 0.15) is 16.4 Å². The number of amides is 1. The first kappa shape index (κ1) is 23.1. The lowest BCUT2D eigenvalue weighted by atomic mass is 10.1. The number of nitrogens with one attached hydrogen (secondary N) is 1. The molecule has 0 spiro atoms. The second-order valence-corrected chi connectivity index (χ2v) is 8.82. The Balaban J connectivity index is 1.75. The third-order valence-electron chi connectivity index (χ3n) is 4.83. The second-order valence-electron chi connectivity index (χ2n) is 6.91. The number of nitrogens with zero attached hydrogens (tertiary/aromatic N) is 1. The van der Waals surface area contributed by atoms with E-state index >= 15 is 0 Å². The van der Waals surface area contributed by atoms with Crippen LogP contribution >= 0.6 is 0 Å². The summed E-state index contributed by atoms with van der Waals surface area (Å²) in [6.07, 6.45) is 0.791. The molecule has 8 nitrogen and oxygen atoms in total. The Bertz CT molecular complexity index is 1000. The average molecular weight is 449 g/mol. The van der Waals surface area contributed by atoms with Crippen LogP contribution in [-0.4, -0.2) is 58.1 Å². The Kier molecular flexibility index (Phi) is 7.89. The fraction of sp³-hybridized carbons (Fsp3) is 0.409. The quantitative estimate of drug-likeness (QED) is 0.634. The van der Waals surface area contributed by atoms with Gasteiger partial charge in [-0.25, -0.2) is 8.42 Å². The van der Waals surface area contributed by atoms with E-state index in [0.29, 0.717) is 31.3 Å². The van der Waals surface area contributed by atoms with Crippen LogP contribution in [0.1, 0.15) is 19.4 Å². The Labute approximate surface area is 183 Å². The van der Waals surface area contributed by atoms with E-state index in [2.05, 4.69) is 5.32 Å². The van der Waals surface area contributed by atoms with E-state index in [9.17, 15) is 13.2 Å². The fourth-order valence-electron chi connectivity index (χ4n) is 3.27. The first-order valence-corrected chi connectivity index (χ1v) is 11.7.